The lowest BCUT2D eigenvalue weighted by atomic mass is 10.1. The highest BCUT2D eigenvalue weighted by Crippen LogP contribution is 2.18. The molecule has 0 saturated carbocycles. The summed E-state index contributed by atoms with van der Waals surface area (Å²) in [5.41, 5.74) is 4.76. The Kier molecular flexibility index (Phi) is 4.61. The fourth-order valence-electron chi connectivity index (χ4n) is 2.19. The second-order valence-corrected chi connectivity index (χ2v) is 5.25. The van der Waals surface area contributed by atoms with Crippen LogP contribution in [-0.2, 0) is 20.0 Å². The molecule has 1 N–H and O–H groups in total. The smallest absolute Gasteiger partial charge is 0.131 e. The summed E-state index contributed by atoms with van der Waals surface area (Å²) in [6, 6.07) is 8.61. The lowest BCUT2D eigenvalue weighted by Gasteiger charge is -2.05. The van der Waals surface area contributed by atoms with Crippen molar-refractivity contribution >= 4 is 11.6 Å². The number of nitrogens with zero attached hydrogens (tertiary/aromatic N) is 2. The molecule has 102 valence electrons. The maximum Gasteiger partial charge on any atom is 0.131 e. The van der Waals surface area contributed by atoms with Gasteiger partial charge in [-0.1, -0.05) is 41.4 Å². The summed E-state index contributed by atoms with van der Waals surface area (Å²) in [7, 11) is 1.87. The molecule has 4 heteroatoms. The molecule has 0 bridgehead atoms. The summed E-state index contributed by atoms with van der Waals surface area (Å²) in [6.45, 7) is 5.82. The molecule has 0 aliphatic heterocycles. The molecule has 0 radical (unpaired) electrons. The molecular formula is C15H20ClN3. The predicted molar refractivity (Wildman–Crippen MR) is 79.5 cm³/mol. The van der Waals surface area contributed by atoms with Crippen LogP contribution in [0, 0.1) is 13.8 Å². The summed E-state index contributed by atoms with van der Waals surface area (Å²) in [5.74, 6) is 0. The molecule has 0 amide bonds. The van der Waals surface area contributed by atoms with E-state index in [-0.39, 0.29) is 0 Å². The minimum absolute atomic E-state index is 0.723. The van der Waals surface area contributed by atoms with E-state index in [4.69, 9.17) is 11.6 Å². The number of halogens is 1. The van der Waals surface area contributed by atoms with Crippen molar-refractivity contribution in [1.82, 2.24) is 15.1 Å². The van der Waals surface area contributed by atoms with Gasteiger partial charge in [0.05, 0.1) is 5.69 Å². The molecule has 0 spiro atoms. The van der Waals surface area contributed by atoms with E-state index in [1.54, 1.807) is 4.68 Å². The molecule has 19 heavy (non-hydrogen) atoms. The Labute approximate surface area is 119 Å². The molecule has 0 fully saturated rings. The molecule has 1 heterocycles. The van der Waals surface area contributed by atoms with Gasteiger partial charge in [0.1, 0.15) is 5.15 Å². The second-order valence-electron chi connectivity index (χ2n) is 4.89. The van der Waals surface area contributed by atoms with Crippen molar-refractivity contribution in [3.8, 4) is 0 Å². The topological polar surface area (TPSA) is 29.9 Å². The Balaban J connectivity index is 1.84. The summed E-state index contributed by atoms with van der Waals surface area (Å²) in [5, 5.41) is 8.45. The van der Waals surface area contributed by atoms with Crippen molar-refractivity contribution < 1.29 is 0 Å². The first-order chi connectivity index (χ1) is 9.08. The molecule has 0 atom stereocenters. The first-order valence-electron chi connectivity index (χ1n) is 6.52. The zero-order valence-corrected chi connectivity index (χ0v) is 12.5. The molecular weight excluding hydrogens is 258 g/mol. The van der Waals surface area contributed by atoms with Crippen LogP contribution in [0.2, 0.25) is 5.15 Å². The third kappa shape index (κ3) is 3.58. The summed E-state index contributed by atoms with van der Waals surface area (Å²) >= 11 is 6.19. The minimum atomic E-state index is 0.723. The van der Waals surface area contributed by atoms with E-state index >= 15 is 0 Å². The van der Waals surface area contributed by atoms with Crippen molar-refractivity contribution in [3.63, 3.8) is 0 Å². The standard InChI is InChI=1S/C15H20ClN3/c1-11-5-4-6-13(9-11)7-8-17-10-14-12(2)18-19(3)15(14)16/h4-6,9,17H,7-8,10H2,1-3H3. The quantitative estimate of drug-likeness (QED) is 0.852. The number of hydrogen-bond donors (Lipinski definition) is 1. The lowest BCUT2D eigenvalue weighted by Crippen LogP contribution is -2.17. The van der Waals surface area contributed by atoms with Crippen LogP contribution in [0.1, 0.15) is 22.4 Å². The van der Waals surface area contributed by atoms with Crippen molar-refractivity contribution in [1.29, 1.82) is 0 Å². The predicted octanol–water partition coefficient (Wildman–Crippen LogP) is 3.02. The van der Waals surface area contributed by atoms with Crippen LogP contribution in [0.25, 0.3) is 0 Å². The number of aromatic nitrogens is 2. The van der Waals surface area contributed by atoms with Crippen LogP contribution >= 0.6 is 11.6 Å². The second kappa shape index (κ2) is 6.22. The average molecular weight is 278 g/mol. The van der Waals surface area contributed by atoms with Gasteiger partial charge in [-0.3, -0.25) is 4.68 Å². The Morgan fingerprint density at radius 2 is 2.11 bits per heavy atom. The molecule has 2 rings (SSSR count). The van der Waals surface area contributed by atoms with E-state index in [1.807, 2.05) is 14.0 Å². The van der Waals surface area contributed by atoms with Crippen molar-refractivity contribution in [3.05, 3.63) is 51.8 Å². The summed E-state index contributed by atoms with van der Waals surface area (Å²) in [6.07, 6.45) is 1.03. The first-order valence-corrected chi connectivity index (χ1v) is 6.90. The highest BCUT2D eigenvalue weighted by atomic mass is 35.5. The van der Waals surface area contributed by atoms with Crippen LogP contribution < -0.4 is 5.32 Å². The molecule has 2 aromatic rings. The van der Waals surface area contributed by atoms with Gasteiger partial charge in [-0.05, 0) is 32.4 Å². The van der Waals surface area contributed by atoms with Crippen LogP contribution in [0.5, 0.6) is 0 Å². The van der Waals surface area contributed by atoms with Gasteiger partial charge in [0.2, 0.25) is 0 Å². The van der Waals surface area contributed by atoms with Crippen LogP contribution in [-0.4, -0.2) is 16.3 Å². The summed E-state index contributed by atoms with van der Waals surface area (Å²) < 4.78 is 1.72. The van der Waals surface area contributed by atoms with Gasteiger partial charge in [0.15, 0.2) is 0 Å². The van der Waals surface area contributed by atoms with Gasteiger partial charge in [-0.2, -0.15) is 5.10 Å². The maximum atomic E-state index is 6.19. The third-order valence-corrected chi connectivity index (χ3v) is 3.72. The molecule has 0 unspecified atom stereocenters. The zero-order valence-electron chi connectivity index (χ0n) is 11.7. The fourth-order valence-corrected chi connectivity index (χ4v) is 2.43. The molecule has 0 saturated heterocycles. The monoisotopic (exact) mass is 277 g/mol. The van der Waals surface area contributed by atoms with E-state index in [0.29, 0.717) is 0 Å². The van der Waals surface area contributed by atoms with Crippen LogP contribution in [0.3, 0.4) is 0 Å². The van der Waals surface area contributed by atoms with E-state index in [0.717, 1.165) is 35.9 Å². The lowest BCUT2D eigenvalue weighted by molar-refractivity contribution is 0.684. The summed E-state index contributed by atoms with van der Waals surface area (Å²) in [4.78, 5) is 0. The Morgan fingerprint density at radius 3 is 2.74 bits per heavy atom. The maximum absolute atomic E-state index is 6.19. The van der Waals surface area contributed by atoms with E-state index < -0.39 is 0 Å². The van der Waals surface area contributed by atoms with Crippen LogP contribution in [0.4, 0.5) is 0 Å². The number of aryl methyl sites for hydroxylation is 3. The molecule has 0 aliphatic carbocycles. The fraction of sp³-hybridized carbons (Fsp3) is 0.400. The average Bonchev–Trinajstić information content (AvgIpc) is 2.60. The Bertz CT molecular complexity index is 561. The number of benzene rings is 1. The highest BCUT2D eigenvalue weighted by molar-refractivity contribution is 6.30. The Hall–Kier alpha value is -1.32. The normalized spacial score (nSPS) is 10.9. The van der Waals surface area contributed by atoms with Gasteiger partial charge >= 0.3 is 0 Å². The van der Waals surface area contributed by atoms with Crippen molar-refractivity contribution in [2.45, 2.75) is 26.8 Å². The van der Waals surface area contributed by atoms with Crippen molar-refractivity contribution in [2.75, 3.05) is 6.54 Å². The van der Waals surface area contributed by atoms with E-state index in [1.165, 1.54) is 11.1 Å². The molecule has 1 aromatic heterocycles. The van der Waals surface area contributed by atoms with E-state index in [2.05, 4.69) is 41.6 Å². The SMILES string of the molecule is Cc1cccc(CCNCc2c(C)nn(C)c2Cl)c1. The number of hydrogen-bond acceptors (Lipinski definition) is 2. The Morgan fingerprint density at radius 1 is 1.32 bits per heavy atom. The highest BCUT2D eigenvalue weighted by Gasteiger charge is 2.09. The van der Waals surface area contributed by atoms with Crippen LogP contribution in [0.15, 0.2) is 24.3 Å². The number of nitrogens with one attached hydrogen (secondary N) is 1. The van der Waals surface area contributed by atoms with Gasteiger partial charge in [0, 0.05) is 19.2 Å². The number of rotatable bonds is 5. The van der Waals surface area contributed by atoms with Gasteiger partial charge in [-0.25, -0.2) is 0 Å². The van der Waals surface area contributed by atoms with E-state index in [9.17, 15) is 0 Å². The van der Waals surface area contributed by atoms with Gasteiger partial charge < -0.3 is 5.32 Å². The molecule has 1 aromatic carbocycles. The first kappa shape index (κ1) is 14.1. The molecule has 0 aliphatic rings. The van der Waals surface area contributed by atoms with Gasteiger partial charge in [0.25, 0.3) is 0 Å². The minimum Gasteiger partial charge on any atom is -0.312 e. The third-order valence-electron chi connectivity index (χ3n) is 3.24. The zero-order chi connectivity index (χ0) is 13.8. The van der Waals surface area contributed by atoms with Crippen molar-refractivity contribution in [2.24, 2.45) is 7.05 Å². The largest absolute Gasteiger partial charge is 0.312 e. The molecule has 3 nitrogen and oxygen atoms in total. The van der Waals surface area contributed by atoms with Gasteiger partial charge in [-0.15, -0.1) is 0 Å².